The number of aliphatic imine (C=N–C) groups is 1. The minimum absolute atomic E-state index is 0.0247. The quantitative estimate of drug-likeness (QED) is 0.453. The van der Waals surface area contributed by atoms with E-state index in [2.05, 4.69) is 0 Å². The Kier molecular flexibility index (Phi) is 7.18. The van der Waals surface area contributed by atoms with Gasteiger partial charge in [-0.25, -0.2) is 4.99 Å². The van der Waals surface area contributed by atoms with Crippen LogP contribution in [0.3, 0.4) is 0 Å². The monoisotopic (exact) mass is 454 g/mol. The molecule has 0 bridgehead atoms. The third kappa shape index (κ3) is 4.63. The number of rotatable bonds is 10. The van der Waals surface area contributed by atoms with Gasteiger partial charge in [0, 0.05) is 13.0 Å². The van der Waals surface area contributed by atoms with E-state index in [1.165, 1.54) is 0 Å². The largest absolute Gasteiger partial charge is 0.369 e. The van der Waals surface area contributed by atoms with Crippen molar-refractivity contribution < 1.29 is 9.59 Å². The lowest BCUT2D eigenvalue weighted by Gasteiger charge is -2.27. The number of benzene rings is 3. The molecule has 174 valence electrons. The summed E-state index contributed by atoms with van der Waals surface area (Å²) in [6.07, 6.45) is 2.62. The van der Waals surface area contributed by atoms with Crippen LogP contribution in [0.5, 0.6) is 0 Å². The number of nitrogens with two attached hydrogens (primary N) is 2. The van der Waals surface area contributed by atoms with Gasteiger partial charge in [-0.05, 0) is 29.5 Å². The van der Waals surface area contributed by atoms with E-state index in [0.717, 1.165) is 29.5 Å². The van der Waals surface area contributed by atoms with Gasteiger partial charge >= 0.3 is 0 Å². The maximum atomic E-state index is 13.7. The van der Waals surface area contributed by atoms with Gasteiger partial charge in [-0.15, -0.1) is 0 Å². The highest BCUT2D eigenvalue weighted by molar-refractivity contribution is 6.09. The van der Waals surface area contributed by atoms with Crippen molar-refractivity contribution in [3.8, 4) is 0 Å². The molecule has 4 N–H and O–H groups in total. The predicted molar refractivity (Wildman–Crippen MR) is 134 cm³/mol. The Balaban J connectivity index is 1.38. The van der Waals surface area contributed by atoms with Gasteiger partial charge in [0.05, 0.1) is 6.04 Å². The number of carbonyl (C=O) groups excluding carboxylic acids is 2. The maximum absolute atomic E-state index is 13.7. The van der Waals surface area contributed by atoms with Crippen molar-refractivity contribution >= 4 is 17.6 Å². The molecule has 0 saturated heterocycles. The third-order valence-corrected chi connectivity index (χ3v) is 6.31. The predicted octanol–water partition coefficient (Wildman–Crippen LogP) is 3.92. The van der Waals surface area contributed by atoms with Gasteiger partial charge in [-0.1, -0.05) is 97.4 Å². The van der Waals surface area contributed by atoms with Gasteiger partial charge in [-0.3, -0.25) is 14.5 Å². The standard InChI is InChI=1S/C28H30N4O2/c29-25(21-13-5-1-6-14-21)24(33)19-11-4-12-20-32-26(34)28(31-27(32)30,22-15-7-2-8-16-22)23-17-9-3-10-18-23/h1-3,5-10,13-18,25H,4,11-12,19-20,29H2,(H2,30,31)/t25-/m0/s1. The van der Waals surface area contributed by atoms with Crippen molar-refractivity contribution in [3.05, 3.63) is 108 Å². The number of nitrogens with zero attached hydrogens (tertiary/aromatic N) is 2. The molecule has 6 nitrogen and oxygen atoms in total. The number of guanidine groups is 1. The lowest BCUT2D eigenvalue weighted by atomic mass is 9.83. The van der Waals surface area contributed by atoms with Gasteiger partial charge in [-0.2, -0.15) is 0 Å². The third-order valence-electron chi connectivity index (χ3n) is 6.31. The van der Waals surface area contributed by atoms with E-state index in [9.17, 15) is 9.59 Å². The molecule has 1 aliphatic heterocycles. The van der Waals surface area contributed by atoms with Crippen molar-refractivity contribution in [2.24, 2.45) is 16.5 Å². The van der Waals surface area contributed by atoms with Gasteiger partial charge in [0.2, 0.25) is 0 Å². The van der Waals surface area contributed by atoms with Crippen molar-refractivity contribution in [3.63, 3.8) is 0 Å². The Morgan fingerprint density at radius 2 is 1.35 bits per heavy atom. The fourth-order valence-corrected chi connectivity index (χ4v) is 4.44. The highest BCUT2D eigenvalue weighted by Gasteiger charge is 2.50. The van der Waals surface area contributed by atoms with E-state index < -0.39 is 11.6 Å². The van der Waals surface area contributed by atoms with Gasteiger partial charge in [0.25, 0.3) is 5.91 Å². The number of ketones is 1. The van der Waals surface area contributed by atoms with Crippen LogP contribution in [-0.2, 0) is 15.1 Å². The summed E-state index contributed by atoms with van der Waals surface area (Å²) in [5.74, 6) is 0.0983. The molecular formula is C28H30N4O2. The molecule has 0 aromatic heterocycles. The Bertz CT molecular complexity index is 1110. The van der Waals surface area contributed by atoms with Crippen LogP contribution >= 0.6 is 0 Å². The molecule has 34 heavy (non-hydrogen) atoms. The molecule has 3 aromatic rings. The molecule has 1 atom stereocenters. The second kappa shape index (κ2) is 10.4. The number of carbonyl (C=O) groups is 2. The van der Waals surface area contributed by atoms with Gasteiger partial charge in [0.1, 0.15) is 0 Å². The van der Waals surface area contributed by atoms with Crippen molar-refractivity contribution in [2.45, 2.75) is 37.3 Å². The first-order chi connectivity index (χ1) is 16.5. The van der Waals surface area contributed by atoms with Crippen LogP contribution in [0, 0.1) is 0 Å². The second-order valence-electron chi connectivity index (χ2n) is 8.53. The topological polar surface area (TPSA) is 102 Å². The number of hydrogen-bond acceptors (Lipinski definition) is 5. The summed E-state index contributed by atoms with van der Waals surface area (Å²) in [4.78, 5) is 32.4. The minimum Gasteiger partial charge on any atom is -0.369 e. The Morgan fingerprint density at radius 1 is 0.824 bits per heavy atom. The van der Waals surface area contributed by atoms with Gasteiger partial charge < -0.3 is 11.5 Å². The maximum Gasteiger partial charge on any atom is 0.266 e. The average Bonchev–Trinajstić information content (AvgIpc) is 3.15. The van der Waals surface area contributed by atoms with Crippen LogP contribution < -0.4 is 11.5 Å². The molecule has 1 aliphatic rings. The van der Waals surface area contributed by atoms with E-state index >= 15 is 0 Å². The molecule has 0 unspecified atom stereocenters. The second-order valence-corrected chi connectivity index (χ2v) is 8.53. The number of hydrogen-bond donors (Lipinski definition) is 2. The molecule has 1 amide bonds. The summed E-state index contributed by atoms with van der Waals surface area (Å²) in [5.41, 5.74) is 13.6. The molecule has 0 radical (unpaired) electrons. The molecule has 0 spiro atoms. The molecule has 0 fully saturated rings. The van der Waals surface area contributed by atoms with Crippen molar-refractivity contribution in [1.29, 1.82) is 0 Å². The molecule has 0 saturated carbocycles. The van der Waals surface area contributed by atoms with E-state index in [-0.39, 0.29) is 17.6 Å². The minimum atomic E-state index is -1.18. The summed E-state index contributed by atoms with van der Waals surface area (Å²) in [7, 11) is 0. The fourth-order valence-electron chi connectivity index (χ4n) is 4.44. The van der Waals surface area contributed by atoms with Crippen LogP contribution in [0.1, 0.15) is 48.4 Å². The Morgan fingerprint density at radius 3 is 1.91 bits per heavy atom. The number of amides is 1. The molecule has 0 aliphatic carbocycles. The summed E-state index contributed by atoms with van der Waals surface area (Å²) < 4.78 is 0. The van der Waals surface area contributed by atoms with Crippen LogP contribution in [0.2, 0.25) is 0 Å². The zero-order valence-corrected chi connectivity index (χ0v) is 19.1. The summed E-state index contributed by atoms with van der Waals surface area (Å²) in [6.45, 7) is 0.453. The van der Waals surface area contributed by atoms with Crippen LogP contribution in [-0.4, -0.2) is 29.1 Å². The van der Waals surface area contributed by atoms with Crippen LogP contribution in [0.25, 0.3) is 0 Å². The fraction of sp³-hybridized carbons (Fsp3) is 0.250. The van der Waals surface area contributed by atoms with E-state index in [1.807, 2.05) is 91.0 Å². The smallest absolute Gasteiger partial charge is 0.266 e. The molecule has 6 heteroatoms. The zero-order chi connectivity index (χ0) is 24.0. The molecule has 3 aromatic carbocycles. The number of Topliss-reactive ketones (excluding diaryl/α,β-unsaturated/α-hetero) is 1. The van der Waals surface area contributed by atoms with E-state index in [4.69, 9.17) is 16.5 Å². The molecule has 1 heterocycles. The Labute approximate surface area is 200 Å². The van der Waals surface area contributed by atoms with Crippen molar-refractivity contribution in [2.75, 3.05) is 6.54 Å². The number of unbranched alkanes of at least 4 members (excludes halogenated alkanes) is 2. The SMILES string of the molecule is NC1=NC(c2ccccc2)(c2ccccc2)C(=O)N1CCCCCC(=O)[C@@H](N)c1ccccc1. The summed E-state index contributed by atoms with van der Waals surface area (Å²) >= 11 is 0. The highest BCUT2D eigenvalue weighted by atomic mass is 16.2. The Hall–Kier alpha value is -3.77. The average molecular weight is 455 g/mol. The molecular weight excluding hydrogens is 424 g/mol. The zero-order valence-electron chi connectivity index (χ0n) is 19.1. The van der Waals surface area contributed by atoms with Crippen LogP contribution in [0.4, 0.5) is 0 Å². The van der Waals surface area contributed by atoms with E-state index in [0.29, 0.717) is 19.4 Å². The lowest BCUT2D eigenvalue weighted by Crippen LogP contribution is -2.44. The van der Waals surface area contributed by atoms with E-state index in [1.54, 1.807) is 4.90 Å². The highest BCUT2D eigenvalue weighted by Crippen LogP contribution is 2.39. The molecule has 4 rings (SSSR count). The summed E-state index contributed by atoms with van der Waals surface area (Å²) in [6, 6.07) is 27.9. The first kappa shape index (κ1) is 23.4. The first-order valence-electron chi connectivity index (χ1n) is 11.7. The van der Waals surface area contributed by atoms with Crippen LogP contribution in [0.15, 0.2) is 96.0 Å². The van der Waals surface area contributed by atoms with Crippen molar-refractivity contribution in [1.82, 2.24) is 4.90 Å². The first-order valence-corrected chi connectivity index (χ1v) is 11.7. The van der Waals surface area contributed by atoms with Gasteiger partial charge in [0.15, 0.2) is 17.3 Å². The lowest BCUT2D eigenvalue weighted by molar-refractivity contribution is -0.130. The normalized spacial score (nSPS) is 15.7. The summed E-state index contributed by atoms with van der Waals surface area (Å²) in [5, 5.41) is 0.